The number of nitrogens with one attached hydrogen (secondary N) is 2. The molecule has 0 spiro atoms. The first kappa shape index (κ1) is 13.0. The molecule has 0 radical (unpaired) electrons. The highest BCUT2D eigenvalue weighted by atomic mass is 19.4. The molecule has 2 heterocycles. The summed E-state index contributed by atoms with van der Waals surface area (Å²) in [5.74, 6) is 0. The van der Waals surface area contributed by atoms with Gasteiger partial charge in [-0.1, -0.05) is 0 Å². The van der Waals surface area contributed by atoms with Gasteiger partial charge in [-0.2, -0.15) is 13.2 Å². The number of fused-ring (bicyclic) bond motifs is 3. The van der Waals surface area contributed by atoms with Crippen LogP contribution >= 0.6 is 0 Å². The van der Waals surface area contributed by atoms with E-state index in [-0.39, 0.29) is 30.0 Å². The number of anilines is 1. The van der Waals surface area contributed by atoms with Gasteiger partial charge in [0, 0.05) is 22.7 Å². The fourth-order valence-electron chi connectivity index (χ4n) is 2.63. The number of aliphatic hydroxyl groups excluding tert-OH is 1. The third kappa shape index (κ3) is 1.94. The predicted molar refractivity (Wildman–Crippen MR) is 67.8 cm³/mol. The van der Waals surface area contributed by atoms with E-state index in [0.29, 0.717) is 17.3 Å². The van der Waals surface area contributed by atoms with Crippen LogP contribution in [0, 0.1) is 0 Å². The number of pyridine rings is 1. The van der Waals surface area contributed by atoms with Crippen LogP contribution in [0.1, 0.15) is 11.1 Å². The molecule has 1 aromatic heterocycles. The molecule has 1 aromatic carbocycles. The van der Waals surface area contributed by atoms with E-state index >= 15 is 0 Å². The summed E-state index contributed by atoms with van der Waals surface area (Å²) < 4.78 is 39.4. The van der Waals surface area contributed by atoms with Gasteiger partial charge in [-0.15, -0.1) is 0 Å². The number of aromatic amines is 1. The van der Waals surface area contributed by atoms with Crippen LogP contribution in [0.3, 0.4) is 0 Å². The monoisotopic (exact) mass is 284 g/mol. The topological polar surface area (TPSA) is 65.1 Å². The summed E-state index contributed by atoms with van der Waals surface area (Å²) in [5.41, 5.74) is -0.522. The summed E-state index contributed by atoms with van der Waals surface area (Å²) in [4.78, 5) is 13.8. The van der Waals surface area contributed by atoms with Crippen LogP contribution in [0.5, 0.6) is 0 Å². The zero-order valence-electron chi connectivity index (χ0n) is 10.2. The molecule has 0 saturated heterocycles. The molecule has 20 heavy (non-hydrogen) atoms. The Morgan fingerprint density at radius 2 is 2.10 bits per heavy atom. The Balaban J connectivity index is 2.35. The van der Waals surface area contributed by atoms with Gasteiger partial charge >= 0.3 is 6.18 Å². The van der Waals surface area contributed by atoms with Crippen molar-refractivity contribution in [2.24, 2.45) is 0 Å². The van der Waals surface area contributed by atoms with Gasteiger partial charge in [-0.3, -0.25) is 4.79 Å². The summed E-state index contributed by atoms with van der Waals surface area (Å²) in [6.45, 7) is -0.166. The summed E-state index contributed by atoms with van der Waals surface area (Å²) in [6, 6.07) is 3.33. The number of benzene rings is 1. The summed E-state index contributed by atoms with van der Waals surface area (Å²) in [6.07, 6.45) is -4.31. The third-order valence-electron chi connectivity index (χ3n) is 3.45. The van der Waals surface area contributed by atoms with Gasteiger partial charge in [0.25, 0.3) is 0 Å². The highest BCUT2D eigenvalue weighted by molar-refractivity contribution is 5.91. The minimum atomic E-state index is -4.60. The van der Waals surface area contributed by atoms with Crippen molar-refractivity contribution < 1.29 is 18.3 Å². The molecular weight excluding hydrogens is 273 g/mol. The second kappa shape index (κ2) is 4.24. The van der Waals surface area contributed by atoms with E-state index in [2.05, 4.69) is 10.3 Å². The Bertz CT molecular complexity index is 737. The molecule has 0 aliphatic carbocycles. The Hall–Kier alpha value is -2.02. The lowest BCUT2D eigenvalue weighted by atomic mass is 9.99. The zero-order valence-corrected chi connectivity index (χ0v) is 10.2. The molecule has 3 N–H and O–H groups in total. The lowest BCUT2D eigenvalue weighted by molar-refractivity contribution is -0.136. The van der Waals surface area contributed by atoms with Gasteiger partial charge in [0.05, 0.1) is 18.2 Å². The second-order valence-corrected chi connectivity index (χ2v) is 4.79. The fourth-order valence-corrected chi connectivity index (χ4v) is 2.63. The van der Waals surface area contributed by atoms with E-state index in [9.17, 15) is 18.0 Å². The van der Waals surface area contributed by atoms with Crippen LogP contribution in [0.2, 0.25) is 0 Å². The van der Waals surface area contributed by atoms with Crippen molar-refractivity contribution in [3.63, 3.8) is 0 Å². The molecule has 0 unspecified atom stereocenters. The van der Waals surface area contributed by atoms with E-state index in [1.54, 1.807) is 6.07 Å². The van der Waals surface area contributed by atoms with E-state index in [1.165, 1.54) is 6.07 Å². The minimum absolute atomic E-state index is 0.00181. The molecule has 0 saturated carbocycles. The first-order valence-corrected chi connectivity index (χ1v) is 6.03. The highest BCUT2D eigenvalue weighted by Gasteiger charge is 2.35. The van der Waals surface area contributed by atoms with Crippen molar-refractivity contribution in [2.45, 2.75) is 18.6 Å². The summed E-state index contributed by atoms with van der Waals surface area (Å²) in [5, 5.41) is 12.1. The largest absolute Gasteiger partial charge is 0.417 e. The van der Waals surface area contributed by atoms with Gasteiger partial charge in [0.1, 0.15) is 0 Å². The zero-order chi connectivity index (χ0) is 14.5. The van der Waals surface area contributed by atoms with Crippen molar-refractivity contribution in [1.29, 1.82) is 0 Å². The van der Waals surface area contributed by atoms with Gasteiger partial charge in [0.15, 0.2) is 0 Å². The Morgan fingerprint density at radius 3 is 2.75 bits per heavy atom. The molecule has 4 nitrogen and oxygen atoms in total. The number of hydrogen-bond donors (Lipinski definition) is 3. The average molecular weight is 284 g/mol. The van der Waals surface area contributed by atoms with E-state index in [1.807, 2.05) is 0 Å². The quantitative estimate of drug-likeness (QED) is 0.749. The van der Waals surface area contributed by atoms with Crippen LogP contribution in [0.4, 0.5) is 18.9 Å². The van der Waals surface area contributed by atoms with Crippen LogP contribution in [0.25, 0.3) is 10.9 Å². The molecule has 106 valence electrons. The fraction of sp³-hybridized carbons (Fsp3) is 0.308. The van der Waals surface area contributed by atoms with Crippen molar-refractivity contribution in [2.75, 3.05) is 11.9 Å². The second-order valence-electron chi connectivity index (χ2n) is 4.79. The minimum Gasteiger partial charge on any atom is -0.394 e. The first-order chi connectivity index (χ1) is 9.40. The predicted octanol–water partition coefficient (Wildman–Crippen LogP) is 1.88. The van der Waals surface area contributed by atoms with Crippen LogP contribution in [0.15, 0.2) is 23.0 Å². The molecule has 1 aliphatic heterocycles. The lowest BCUT2D eigenvalue weighted by Crippen LogP contribution is -2.19. The number of aliphatic hydroxyl groups is 1. The summed E-state index contributed by atoms with van der Waals surface area (Å²) in [7, 11) is 0. The maximum absolute atomic E-state index is 13.1. The van der Waals surface area contributed by atoms with Crippen LogP contribution < -0.4 is 10.9 Å². The Labute approximate surface area is 111 Å². The Kier molecular flexibility index (Phi) is 2.75. The highest BCUT2D eigenvalue weighted by Crippen LogP contribution is 2.39. The Morgan fingerprint density at radius 1 is 1.35 bits per heavy atom. The third-order valence-corrected chi connectivity index (χ3v) is 3.45. The van der Waals surface area contributed by atoms with E-state index in [4.69, 9.17) is 5.11 Å². The molecule has 0 bridgehead atoms. The van der Waals surface area contributed by atoms with Gasteiger partial charge < -0.3 is 15.4 Å². The standard InChI is InChI=1S/C13H11F3N2O2/c14-13(15,16)8-4-11(20)18-10-2-1-9-7(12(8)10)3-6(5-19)17-9/h1-2,4,6,17,19H,3,5H2,(H,18,20)/t6-/m0/s1. The smallest absolute Gasteiger partial charge is 0.394 e. The molecule has 1 aliphatic rings. The number of hydrogen-bond acceptors (Lipinski definition) is 3. The molecular formula is C13H11F3N2O2. The van der Waals surface area contributed by atoms with Crippen molar-refractivity contribution >= 4 is 16.6 Å². The number of halogens is 3. The number of alkyl halides is 3. The van der Waals surface area contributed by atoms with Gasteiger partial charge in [-0.05, 0) is 24.1 Å². The SMILES string of the molecule is O=c1cc(C(F)(F)F)c2c3c(ccc2[nH]1)N[C@H](CO)C3. The average Bonchev–Trinajstić information content (AvgIpc) is 2.79. The number of H-pyrrole nitrogens is 1. The van der Waals surface area contributed by atoms with E-state index in [0.717, 1.165) is 0 Å². The maximum Gasteiger partial charge on any atom is 0.417 e. The summed E-state index contributed by atoms with van der Waals surface area (Å²) >= 11 is 0. The number of aromatic nitrogens is 1. The van der Waals surface area contributed by atoms with Gasteiger partial charge in [0.2, 0.25) is 5.56 Å². The molecule has 0 fully saturated rings. The number of rotatable bonds is 1. The van der Waals surface area contributed by atoms with Crippen molar-refractivity contribution in [3.8, 4) is 0 Å². The molecule has 1 atom stereocenters. The van der Waals surface area contributed by atoms with Gasteiger partial charge in [-0.25, -0.2) is 0 Å². The van der Waals surface area contributed by atoms with Crippen LogP contribution in [-0.2, 0) is 12.6 Å². The van der Waals surface area contributed by atoms with Crippen molar-refractivity contribution in [1.82, 2.24) is 4.98 Å². The molecule has 2 aromatic rings. The van der Waals surface area contributed by atoms with Crippen molar-refractivity contribution in [3.05, 3.63) is 39.7 Å². The molecule has 7 heteroatoms. The normalized spacial score (nSPS) is 18.1. The lowest BCUT2D eigenvalue weighted by Gasteiger charge is -2.12. The van der Waals surface area contributed by atoms with Crippen LogP contribution in [-0.4, -0.2) is 22.7 Å². The van der Waals surface area contributed by atoms with E-state index < -0.39 is 17.3 Å². The maximum atomic E-state index is 13.1. The molecule has 3 rings (SSSR count). The first-order valence-electron chi connectivity index (χ1n) is 6.03. The molecule has 0 amide bonds.